The largest absolute Gasteiger partial charge is 0.444 e. The third-order valence-corrected chi connectivity index (χ3v) is 3.73. The van der Waals surface area contributed by atoms with E-state index in [-0.39, 0.29) is 30.1 Å². The number of ether oxygens (including phenoxy) is 1. The highest BCUT2D eigenvalue weighted by Gasteiger charge is 2.15. The summed E-state index contributed by atoms with van der Waals surface area (Å²) in [6.07, 6.45) is 0.389. The van der Waals surface area contributed by atoms with Crippen molar-refractivity contribution < 1.29 is 9.53 Å². The first-order valence-electron chi connectivity index (χ1n) is 7.62. The van der Waals surface area contributed by atoms with Crippen LogP contribution >= 0.6 is 35.3 Å². The molecular formula is C15H28IN5O2S. The van der Waals surface area contributed by atoms with Crippen molar-refractivity contribution in [1.29, 1.82) is 0 Å². The molecule has 1 heterocycles. The first-order chi connectivity index (χ1) is 10.8. The predicted molar refractivity (Wildman–Crippen MR) is 109 cm³/mol. The van der Waals surface area contributed by atoms with Gasteiger partial charge in [-0.05, 0) is 34.1 Å². The molecule has 7 nitrogen and oxygen atoms in total. The Morgan fingerprint density at radius 2 is 1.96 bits per heavy atom. The van der Waals surface area contributed by atoms with Crippen LogP contribution in [0.15, 0.2) is 10.5 Å². The van der Waals surface area contributed by atoms with E-state index in [1.807, 2.05) is 33.2 Å². The van der Waals surface area contributed by atoms with Crippen molar-refractivity contribution in [2.24, 2.45) is 4.99 Å². The van der Waals surface area contributed by atoms with Crippen LogP contribution in [0, 0.1) is 6.92 Å². The molecule has 1 rings (SSSR count). The number of guanidine groups is 1. The van der Waals surface area contributed by atoms with Gasteiger partial charge in [0.2, 0.25) is 0 Å². The Morgan fingerprint density at radius 3 is 2.50 bits per heavy atom. The quantitative estimate of drug-likeness (QED) is 0.258. The Labute approximate surface area is 165 Å². The minimum absolute atomic E-state index is 0. The highest BCUT2D eigenvalue weighted by molar-refractivity contribution is 14.0. The molecule has 0 aliphatic heterocycles. The van der Waals surface area contributed by atoms with Gasteiger partial charge in [0.15, 0.2) is 5.96 Å². The van der Waals surface area contributed by atoms with Crippen molar-refractivity contribution in [1.82, 2.24) is 20.9 Å². The van der Waals surface area contributed by atoms with Crippen LogP contribution in [0.4, 0.5) is 4.79 Å². The van der Waals surface area contributed by atoms with Crippen molar-refractivity contribution in [2.75, 3.05) is 20.1 Å². The van der Waals surface area contributed by atoms with Crippen molar-refractivity contribution in [2.45, 2.75) is 46.3 Å². The summed E-state index contributed by atoms with van der Waals surface area (Å²) in [6, 6.07) is 0. The van der Waals surface area contributed by atoms with Gasteiger partial charge in [0.1, 0.15) is 5.60 Å². The molecule has 0 saturated heterocycles. The monoisotopic (exact) mass is 469 g/mol. The van der Waals surface area contributed by atoms with Crippen LogP contribution in [0.3, 0.4) is 0 Å². The number of aliphatic imine (C=N–C) groups is 1. The van der Waals surface area contributed by atoms with Crippen molar-refractivity contribution in [3.63, 3.8) is 0 Å². The average molecular weight is 469 g/mol. The zero-order valence-corrected chi connectivity index (χ0v) is 18.1. The van der Waals surface area contributed by atoms with Crippen LogP contribution in [0.2, 0.25) is 0 Å². The summed E-state index contributed by atoms with van der Waals surface area (Å²) in [5.74, 6) is 0.732. The number of halogens is 1. The van der Waals surface area contributed by atoms with Crippen LogP contribution in [0.5, 0.6) is 0 Å². The van der Waals surface area contributed by atoms with Gasteiger partial charge in [0, 0.05) is 25.0 Å². The highest BCUT2D eigenvalue weighted by atomic mass is 127. The molecule has 0 bridgehead atoms. The second kappa shape index (κ2) is 11.5. The van der Waals surface area contributed by atoms with Gasteiger partial charge in [-0.3, -0.25) is 4.99 Å². The molecule has 1 aromatic heterocycles. The first kappa shape index (κ1) is 22.9. The molecule has 0 aromatic carbocycles. The fraction of sp³-hybridized carbons (Fsp3) is 0.667. The first-order valence-corrected chi connectivity index (χ1v) is 8.50. The van der Waals surface area contributed by atoms with E-state index in [9.17, 15) is 4.79 Å². The van der Waals surface area contributed by atoms with E-state index in [0.29, 0.717) is 19.6 Å². The van der Waals surface area contributed by atoms with Crippen molar-refractivity contribution in [3.8, 4) is 0 Å². The van der Waals surface area contributed by atoms with E-state index in [1.54, 1.807) is 18.4 Å². The Balaban J connectivity index is 0.00000529. The van der Waals surface area contributed by atoms with Crippen LogP contribution < -0.4 is 16.0 Å². The molecule has 9 heteroatoms. The molecule has 138 valence electrons. The lowest BCUT2D eigenvalue weighted by Gasteiger charge is -2.19. The number of nitrogens with zero attached hydrogens (tertiary/aromatic N) is 2. The Morgan fingerprint density at radius 1 is 1.29 bits per heavy atom. The molecule has 24 heavy (non-hydrogen) atoms. The van der Waals surface area contributed by atoms with Crippen LogP contribution in [-0.4, -0.2) is 42.8 Å². The number of hydrogen-bond acceptors (Lipinski definition) is 5. The van der Waals surface area contributed by atoms with Gasteiger partial charge in [-0.2, -0.15) is 0 Å². The van der Waals surface area contributed by atoms with Gasteiger partial charge < -0.3 is 20.7 Å². The summed E-state index contributed by atoms with van der Waals surface area (Å²) >= 11 is 1.62. The predicted octanol–water partition coefficient (Wildman–Crippen LogP) is 2.65. The molecule has 1 amide bonds. The van der Waals surface area contributed by atoms with Gasteiger partial charge in [-0.25, -0.2) is 9.78 Å². The zero-order valence-electron chi connectivity index (χ0n) is 14.9. The number of aromatic nitrogens is 1. The molecule has 3 N–H and O–H groups in total. The minimum atomic E-state index is -0.469. The number of amides is 1. The average Bonchev–Trinajstić information content (AvgIpc) is 2.85. The van der Waals surface area contributed by atoms with E-state index in [4.69, 9.17) is 4.74 Å². The molecule has 1 aromatic rings. The molecular weight excluding hydrogens is 441 g/mol. The normalized spacial score (nSPS) is 11.5. The fourth-order valence-corrected chi connectivity index (χ4v) is 2.40. The number of hydrogen-bond donors (Lipinski definition) is 3. The number of nitrogens with one attached hydrogen (secondary N) is 3. The van der Waals surface area contributed by atoms with Gasteiger partial charge in [-0.1, -0.05) is 0 Å². The number of alkyl carbamates (subject to hydrolysis) is 1. The minimum Gasteiger partial charge on any atom is -0.444 e. The zero-order chi connectivity index (χ0) is 17.3. The second-order valence-electron chi connectivity index (χ2n) is 6.00. The van der Waals surface area contributed by atoms with Gasteiger partial charge in [0.25, 0.3) is 0 Å². The summed E-state index contributed by atoms with van der Waals surface area (Å²) in [7, 11) is 1.73. The molecule has 0 atom stereocenters. The number of carbonyl (C=O) groups is 1. The van der Waals surface area contributed by atoms with Crippen LogP contribution in [0.25, 0.3) is 0 Å². The molecule has 0 spiro atoms. The smallest absolute Gasteiger partial charge is 0.407 e. The Bertz CT molecular complexity index is 528. The summed E-state index contributed by atoms with van der Waals surface area (Å²) < 4.78 is 5.17. The number of aryl methyl sites for hydroxylation is 1. The highest BCUT2D eigenvalue weighted by Crippen LogP contribution is 2.10. The number of rotatable bonds is 6. The van der Waals surface area contributed by atoms with E-state index in [1.165, 1.54) is 4.88 Å². The lowest BCUT2D eigenvalue weighted by atomic mass is 10.2. The van der Waals surface area contributed by atoms with Crippen molar-refractivity contribution in [3.05, 3.63) is 16.1 Å². The maximum Gasteiger partial charge on any atom is 0.407 e. The molecule has 0 saturated carbocycles. The molecule has 0 fully saturated rings. The standard InChI is InChI=1S/C15H27N5O2S.HI/c1-11-12(23-10-20-11)9-19-13(16-5)17-7-6-8-18-14(21)22-15(2,3)4;/h10H,6-9H2,1-5H3,(H,18,21)(H2,16,17,19);1H. The third-order valence-electron chi connectivity index (χ3n) is 2.80. The summed E-state index contributed by atoms with van der Waals surface area (Å²) in [5.41, 5.74) is 2.41. The topological polar surface area (TPSA) is 87.6 Å². The summed E-state index contributed by atoms with van der Waals surface area (Å²) in [4.78, 5) is 21.1. The lowest BCUT2D eigenvalue weighted by molar-refractivity contribution is 0.0527. The SMILES string of the molecule is CN=C(NCCCNC(=O)OC(C)(C)C)NCc1scnc1C.I. The van der Waals surface area contributed by atoms with E-state index in [2.05, 4.69) is 25.9 Å². The Kier molecular flexibility index (Phi) is 10.9. The van der Waals surface area contributed by atoms with Crippen molar-refractivity contribution >= 4 is 47.4 Å². The fourth-order valence-electron chi connectivity index (χ4n) is 1.68. The molecule has 0 unspecified atom stereocenters. The summed E-state index contributed by atoms with van der Waals surface area (Å²) in [6.45, 7) is 9.47. The summed E-state index contributed by atoms with van der Waals surface area (Å²) in [5, 5.41) is 9.17. The molecule has 0 aliphatic carbocycles. The Hall–Kier alpha value is -1.10. The van der Waals surface area contributed by atoms with Gasteiger partial charge >= 0.3 is 6.09 Å². The van der Waals surface area contributed by atoms with Gasteiger partial charge in [0.05, 0.1) is 17.7 Å². The lowest BCUT2D eigenvalue weighted by Crippen LogP contribution is -2.39. The van der Waals surface area contributed by atoms with Gasteiger partial charge in [-0.15, -0.1) is 35.3 Å². The van der Waals surface area contributed by atoms with Crippen LogP contribution in [-0.2, 0) is 11.3 Å². The second-order valence-corrected chi connectivity index (χ2v) is 6.94. The van der Waals surface area contributed by atoms with E-state index in [0.717, 1.165) is 18.1 Å². The third kappa shape index (κ3) is 9.91. The number of carbonyl (C=O) groups excluding carboxylic acids is 1. The maximum atomic E-state index is 11.5. The van der Waals surface area contributed by atoms with E-state index < -0.39 is 5.60 Å². The number of thiazole rings is 1. The maximum absolute atomic E-state index is 11.5. The molecule has 0 radical (unpaired) electrons. The molecule has 0 aliphatic rings. The van der Waals surface area contributed by atoms with E-state index >= 15 is 0 Å². The van der Waals surface area contributed by atoms with Crippen LogP contribution in [0.1, 0.15) is 37.8 Å².